The number of hydrogen-bond donors (Lipinski definition) is 1. The van der Waals surface area contributed by atoms with E-state index in [1.165, 1.54) is 15.8 Å². The van der Waals surface area contributed by atoms with Crippen LogP contribution in [0.5, 0.6) is 0 Å². The number of ether oxygens (including phenoxy) is 2. The van der Waals surface area contributed by atoms with Gasteiger partial charge in [-0.2, -0.15) is 0 Å². The highest BCUT2D eigenvalue weighted by molar-refractivity contribution is 5.79. The smallest absolute Gasteiger partial charge is 0.409 e. The molecule has 0 saturated carbocycles. The third kappa shape index (κ3) is 3.95. The van der Waals surface area contributed by atoms with Crippen molar-refractivity contribution >= 4 is 12.1 Å². The zero-order chi connectivity index (χ0) is 22.9. The third-order valence-electron chi connectivity index (χ3n) is 6.40. The summed E-state index contributed by atoms with van der Waals surface area (Å²) < 4.78 is 12.6. The van der Waals surface area contributed by atoms with Crippen molar-refractivity contribution in [1.82, 2.24) is 19.9 Å². The first-order chi connectivity index (χ1) is 16.0. The van der Waals surface area contributed by atoms with Crippen LogP contribution < -0.4 is 0 Å². The Hall–Kier alpha value is -3.72. The number of carboxylic acid groups (broad SMARTS) is 1. The number of methoxy groups -OCH3 is 1. The highest BCUT2D eigenvalue weighted by Gasteiger charge is 2.39. The number of carbonyl (C=O) groups is 2. The Morgan fingerprint density at radius 3 is 2.36 bits per heavy atom. The predicted octanol–water partition coefficient (Wildman–Crippen LogP) is 2.73. The summed E-state index contributed by atoms with van der Waals surface area (Å²) in [5, 5.41) is 16.9. The van der Waals surface area contributed by atoms with Crippen LogP contribution in [-0.2, 0) is 20.8 Å². The lowest BCUT2D eigenvalue weighted by Gasteiger charge is -2.19. The standard InChI is InChI=1S/C24H24N4O5/c1-32-22-12-27(10-19(22)21-11-28(26-25-21)13-23(29)30)24(31)33-14-20-17-8-4-2-6-15(17)16-7-3-5-9-18(16)20/h2-9,11,19-20,22H,10,12-14H2,1H3,(H,29,30)/t19-,22+/m0/s1. The molecule has 2 heterocycles. The van der Waals surface area contributed by atoms with Gasteiger partial charge in [0.25, 0.3) is 0 Å². The average Bonchev–Trinajstić information content (AvgIpc) is 3.53. The Morgan fingerprint density at radius 1 is 1.06 bits per heavy atom. The highest BCUT2D eigenvalue weighted by Crippen LogP contribution is 2.44. The average molecular weight is 448 g/mol. The minimum atomic E-state index is -0.999. The number of rotatable bonds is 6. The van der Waals surface area contributed by atoms with E-state index in [9.17, 15) is 9.59 Å². The van der Waals surface area contributed by atoms with Crippen LogP contribution in [0.1, 0.15) is 28.7 Å². The lowest BCUT2D eigenvalue weighted by Crippen LogP contribution is -2.31. The molecule has 3 aromatic rings. The quantitative estimate of drug-likeness (QED) is 0.618. The fourth-order valence-corrected chi connectivity index (χ4v) is 4.83. The van der Waals surface area contributed by atoms with Crippen molar-refractivity contribution in [3.63, 3.8) is 0 Å². The topological polar surface area (TPSA) is 107 Å². The summed E-state index contributed by atoms with van der Waals surface area (Å²) in [7, 11) is 1.58. The monoisotopic (exact) mass is 448 g/mol. The van der Waals surface area contributed by atoms with Gasteiger partial charge in [-0.1, -0.05) is 53.7 Å². The first kappa shape index (κ1) is 21.1. The van der Waals surface area contributed by atoms with Crippen molar-refractivity contribution < 1.29 is 24.2 Å². The Kier molecular flexibility index (Phi) is 5.55. The van der Waals surface area contributed by atoms with E-state index < -0.39 is 12.1 Å². The maximum atomic E-state index is 12.9. The number of nitrogens with zero attached hydrogens (tertiary/aromatic N) is 4. The summed E-state index contributed by atoms with van der Waals surface area (Å²) in [5.41, 5.74) is 5.28. The number of likely N-dealkylation sites (tertiary alicyclic amines) is 1. The molecule has 0 spiro atoms. The van der Waals surface area contributed by atoms with Crippen LogP contribution in [0.3, 0.4) is 0 Å². The molecular weight excluding hydrogens is 424 g/mol. The summed E-state index contributed by atoms with van der Waals surface area (Å²) in [5.74, 6) is -1.21. The van der Waals surface area contributed by atoms with E-state index in [1.54, 1.807) is 18.2 Å². The molecule has 0 radical (unpaired) electrons. The molecule has 2 atom stereocenters. The van der Waals surface area contributed by atoms with E-state index in [4.69, 9.17) is 14.6 Å². The molecule has 1 amide bonds. The van der Waals surface area contributed by atoms with Gasteiger partial charge in [-0.3, -0.25) is 4.79 Å². The van der Waals surface area contributed by atoms with Crippen molar-refractivity contribution in [2.24, 2.45) is 0 Å². The molecule has 2 aliphatic rings. The second-order valence-electron chi connectivity index (χ2n) is 8.32. The second-order valence-corrected chi connectivity index (χ2v) is 8.32. The van der Waals surface area contributed by atoms with Crippen LogP contribution in [0.25, 0.3) is 11.1 Å². The molecule has 1 aliphatic carbocycles. The van der Waals surface area contributed by atoms with Gasteiger partial charge >= 0.3 is 12.1 Å². The maximum Gasteiger partial charge on any atom is 0.409 e. The third-order valence-corrected chi connectivity index (χ3v) is 6.40. The molecule has 0 bridgehead atoms. The summed E-state index contributed by atoms with van der Waals surface area (Å²) in [6.45, 7) is 0.707. The Bertz CT molecular complexity index is 1150. The van der Waals surface area contributed by atoms with Gasteiger partial charge in [-0.15, -0.1) is 5.10 Å². The number of fused-ring (bicyclic) bond motifs is 3. The Balaban J connectivity index is 1.27. The second kappa shape index (κ2) is 8.67. The van der Waals surface area contributed by atoms with Gasteiger partial charge in [0.1, 0.15) is 13.2 Å². The molecule has 170 valence electrons. The van der Waals surface area contributed by atoms with Gasteiger partial charge in [-0.05, 0) is 22.3 Å². The molecule has 0 unspecified atom stereocenters. The largest absolute Gasteiger partial charge is 0.480 e. The van der Waals surface area contributed by atoms with E-state index in [2.05, 4.69) is 34.6 Å². The van der Waals surface area contributed by atoms with Crippen LogP contribution in [0.15, 0.2) is 54.7 Å². The molecule has 2 aromatic carbocycles. The number of aromatic nitrogens is 3. The van der Waals surface area contributed by atoms with Crippen LogP contribution in [0.4, 0.5) is 4.79 Å². The molecule has 33 heavy (non-hydrogen) atoms. The molecule has 5 rings (SSSR count). The lowest BCUT2D eigenvalue weighted by molar-refractivity contribution is -0.137. The maximum absolute atomic E-state index is 12.9. The number of benzene rings is 2. The molecule has 1 N–H and O–H groups in total. The van der Waals surface area contributed by atoms with Crippen LogP contribution in [0, 0.1) is 0 Å². The predicted molar refractivity (Wildman–Crippen MR) is 118 cm³/mol. The highest BCUT2D eigenvalue weighted by atomic mass is 16.6. The number of hydrogen-bond acceptors (Lipinski definition) is 6. The van der Waals surface area contributed by atoms with Gasteiger partial charge in [0.15, 0.2) is 0 Å². The van der Waals surface area contributed by atoms with Gasteiger partial charge in [0.2, 0.25) is 0 Å². The van der Waals surface area contributed by atoms with Crippen LogP contribution in [0.2, 0.25) is 0 Å². The van der Waals surface area contributed by atoms with Gasteiger partial charge in [0, 0.05) is 25.8 Å². The zero-order valence-corrected chi connectivity index (χ0v) is 18.1. The van der Waals surface area contributed by atoms with E-state index in [1.807, 2.05) is 24.3 Å². The van der Waals surface area contributed by atoms with Crippen LogP contribution in [-0.4, -0.2) is 70.0 Å². The SMILES string of the molecule is CO[C@@H]1CN(C(=O)OCC2c3ccccc3-c3ccccc32)C[C@H]1c1cn(CC(=O)O)nn1. The molecule has 1 saturated heterocycles. The van der Waals surface area contributed by atoms with Crippen molar-refractivity contribution in [2.75, 3.05) is 26.8 Å². The van der Waals surface area contributed by atoms with Crippen LogP contribution >= 0.6 is 0 Å². The number of amides is 1. The van der Waals surface area contributed by atoms with E-state index in [0.717, 1.165) is 11.1 Å². The molecule has 1 fully saturated rings. The minimum absolute atomic E-state index is 0.00566. The van der Waals surface area contributed by atoms with Gasteiger partial charge in [0.05, 0.1) is 24.3 Å². The minimum Gasteiger partial charge on any atom is -0.480 e. The Morgan fingerprint density at radius 2 is 1.73 bits per heavy atom. The van der Waals surface area contributed by atoms with E-state index in [0.29, 0.717) is 18.8 Å². The van der Waals surface area contributed by atoms with Gasteiger partial charge in [-0.25, -0.2) is 9.48 Å². The van der Waals surface area contributed by atoms with E-state index >= 15 is 0 Å². The molecule has 9 heteroatoms. The number of carbonyl (C=O) groups excluding carboxylic acids is 1. The molecule has 1 aromatic heterocycles. The number of carboxylic acids is 1. The molecular formula is C24H24N4O5. The first-order valence-corrected chi connectivity index (χ1v) is 10.8. The summed E-state index contributed by atoms with van der Waals surface area (Å²) in [6, 6.07) is 16.4. The van der Waals surface area contributed by atoms with Crippen molar-refractivity contribution in [3.05, 3.63) is 71.5 Å². The Labute approximate surface area is 190 Å². The molecule has 9 nitrogen and oxygen atoms in total. The fraction of sp³-hybridized carbons (Fsp3) is 0.333. The van der Waals surface area contributed by atoms with Gasteiger partial charge < -0.3 is 19.5 Å². The number of aliphatic carboxylic acids is 1. The van der Waals surface area contributed by atoms with Crippen molar-refractivity contribution in [3.8, 4) is 11.1 Å². The lowest BCUT2D eigenvalue weighted by atomic mass is 9.98. The summed E-state index contributed by atoms with van der Waals surface area (Å²) >= 11 is 0. The summed E-state index contributed by atoms with van der Waals surface area (Å²) in [6.07, 6.45) is 0.909. The fourth-order valence-electron chi connectivity index (χ4n) is 4.83. The first-order valence-electron chi connectivity index (χ1n) is 10.8. The normalized spacial score (nSPS) is 19.4. The van der Waals surface area contributed by atoms with Crippen molar-refractivity contribution in [2.45, 2.75) is 24.5 Å². The van der Waals surface area contributed by atoms with Crippen molar-refractivity contribution in [1.29, 1.82) is 0 Å². The van der Waals surface area contributed by atoms with E-state index in [-0.39, 0.29) is 31.1 Å². The summed E-state index contributed by atoms with van der Waals surface area (Å²) in [4.78, 5) is 25.5. The molecule has 1 aliphatic heterocycles. The zero-order valence-electron chi connectivity index (χ0n) is 18.1.